The van der Waals surface area contributed by atoms with Gasteiger partial charge in [0.05, 0.1) is 0 Å². The summed E-state index contributed by atoms with van der Waals surface area (Å²) < 4.78 is 0. The van der Waals surface area contributed by atoms with Gasteiger partial charge >= 0.3 is 0 Å². The van der Waals surface area contributed by atoms with Crippen LogP contribution in [0.5, 0.6) is 0 Å². The van der Waals surface area contributed by atoms with Crippen LogP contribution in [0.1, 0.15) is 22.3 Å². The smallest absolute Gasteiger partial charge is 0.175 e. The van der Waals surface area contributed by atoms with E-state index >= 15 is 0 Å². The van der Waals surface area contributed by atoms with Gasteiger partial charge in [0.25, 0.3) is 0 Å². The minimum atomic E-state index is 0.571. The average Bonchev–Trinajstić information content (AvgIpc) is 2.86. The molecule has 4 aromatic carbocycles. The third-order valence-corrected chi connectivity index (χ3v) is 7.17. The highest BCUT2D eigenvalue weighted by Crippen LogP contribution is 2.29. The Hall–Kier alpha value is -3.39. The summed E-state index contributed by atoms with van der Waals surface area (Å²) in [5, 5.41) is 14.2. The minimum absolute atomic E-state index is 0.571. The zero-order valence-corrected chi connectivity index (χ0v) is 23.8. The predicted octanol–water partition coefficient (Wildman–Crippen LogP) is 8.69. The maximum absolute atomic E-state index is 5.50. The lowest BCUT2D eigenvalue weighted by Crippen LogP contribution is -2.19. The van der Waals surface area contributed by atoms with Crippen LogP contribution in [0.15, 0.2) is 94.7 Å². The van der Waals surface area contributed by atoms with Crippen molar-refractivity contribution >= 4 is 69.2 Å². The first-order valence-electron chi connectivity index (χ1n) is 11.9. The molecule has 0 aromatic heterocycles. The van der Waals surface area contributed by atoms with Crippen LogP contribution >= 0.6 is 36.2 Å². The summed E-state index contributed by atoms with van der Waals surface area (Å²) in [6.45, 7) is 8.27. The Labute approximate surface area is 234 Å². The molecule has 0 saturated heterocycles. The number of thiocarbonyl (C=S) groups is 2. The van der Waals surface area contributed by atoms with Crippen LogP contribution in [0.3, 0.4) is 0 Å². The van der Waals surface area contributed by atoms with E-state index in [0.29, 0.717) is 10.2 Å². The van der Waals surface area contributed by atoms with E-state index in [-0.39, 0.29) is 0 Å². The lowest BCUT2D eigenvalue weighted by molar-refractivity contribution is 1.38. The van der Waals surface area contributed by atoms with Gasteiger partial charge in [-0.1, -0.05) is 36.0 Å². The normalized spacial score (nSPS) is 10.5. The minimum Gasteiger partial charge on any atom is -0.332 e. The van der Waals surface area contributed by atoms with Gasteiger partial charge in [-0.2, -0.15) is 0 Å². The average molecular weight is 543 g/mol. The fourth-order valence-corrected chi connectivity index (χ4v) is 4.93. The first-order valence-corrected chi connectivity index (χ1v) is 13.6. The third-order valence-electron chi connectivity index (χ3n) is 5.74. The van der Waals surface area contributed by atoms with Gasteiger partial charge in [-0.15, -0.1) is 0 Å². The Kier molecular flexibility index (Phi) is 8.82. The highest BCUT2D eigenvalue weighted by atomic mass is 32.2. The van der Waals surface area contributed by atoms with Gasteiger partial charge in [0.15, 0.2) is 10.2 Å². The van der Waals surface area contributed by atoms with Crippen LogP contribution in [-0.2, 0) is 0 Å². The van der Waals surface area contributed by atoms with Crippen molar-refractivity contribution in [3.8, 4) is 0 Å². The maximum Gasteiger partial charge on any atom is 0.175 e. The second-order valence-corrected chi connectivity index (χ2v) is 10.9. The van der Waals surface area contributed by atoms with Gasteiger partial charge < -0.3 is 21.3 Å². The molecule has 4 rings (SSSR count). The molecule has 188 valence electrons. The van der Waals surface area contributed by atoms with Crippen LogP contribution < -0.4 is 21.3 Å². The Morgan fingerprint density at radius 3 is 1.27 bits per heavy atom. The molecule has 0 fully saturated rings. The molecule has 37 heavy (non-hydrogen) atoms. The summed E-state index contributed by atoms with van der Waals surface area (Å²) in [7, 11) is 0. The molecule has 0 aliphatic heterocycles. The Morgan fingerprint density at radius 1 is 0.514 bits per heavy atom. The molecule has 0 saturated carbocycles. The molecule has 0 bridgehead atoms. The molecule has 0 aliphatic rings. The van der Waals surface area contributed by atoms with E-state index in [0.717, 1.165) is 43.7 Å². The van der Waals surface area contributed by atoms with Crippen molar-refractivity contribution < 1.29 is 0 Å². The van der Waals surface area contributed by atoms with Crippen molar-refractivity contribution in [3.63, 3.8) is 0 Å². The topological polar surface area (TPSA) is 48.1 Å². The fourth-order valence-electron chi connectivity index (χ4n) is 3.66. The van der Waals surface area contributed by atoms with E-state index in [1.54, 1.807) is 11.8 Å². The van der Waals surface area contributed by atoms with E-state index in [1.165, 1.54) is 11.1 Å². The quantitative estimate of drug-likeness (QED) is 0.182. The number of hydrogen-bond acceptors (Lipinski definition) is 3. The lowest BCUT2D eigenvalue weighted by atomic mass is 10.1. The number of rotatable bonds is 6. The van der Waals surface area contributed by atoms with Crippen molar-refractivity contribution in [2.45, 2.75) is 37.5 Å². The van der Waals surface area contributed by atoms with E-state index in [9.17, 15) is 0 Å². The standard InChI is InChI=1S/C30H30N4S3/c1-19-5-7-21(3)27(17-19)33-29(35)31-23-9-13-25(14-10-23)37-26-15-11-24(12-16-26)32-30(36)34-28-18-20(2)6-8-22(28)4/h5-18H,1-4H3,(H2,31,33,35)(H2,32,34,36). The number of anilines is 4. The summed E-state index contributed by atoms with van der Waals surface area (Å²) in [5.74, 6) is 0. The maximum atomic E-state index is 5.50. The Balaban J connectivity index is 1.29. The van der Waals surface area contributed by atoms with Crippen molar-refractivity contribution in [2.24, 2.45) is 0 Å². The summed E-state index contributed by atoms with van der Waals surface area (Å²) in [5.41, 5.74) is 8.61. The van der Waals surface area contributed by atoms with Gasteiger partial charge in [-0.05, 0) is 135 Å². The number of aryl methyl sites for hydroxylation is 4. The highest BCUT2D eigenvalue weighted by Gasteiger charge is 2.05. The second kappa shape index (κ2) is 12.2. The first-order chi connectivity index (χ1) is 17.7. The Bertz CT molecular complexity index is 1310. The van der Waals surface area contributed by atoms with Gasteiger partial charge in [0.2, 0.25) is 0 Å². The van der Waals surface area contributed by atoms with Crippen LogP contribution in [0.25, 0.3) is 0 Å². The Morgan fingerprint density at radius 2 is 0.892 bits per heavy atom. The highest BCUT2D eigenvalue weighted by molar-refractivity contribution is 7.99. The molecule has 0 heterocycles. The zero-order chi connectivity index (χ0) is 26.4. The third kappa shape index (κ3) is 7.79. The van der Waals surface area contributed by atoms with Crippen molar-refractivity contribution in [1.29, 1.82) is 0 Å². The molecule has 0 aliphatic carbocycles. The van der Waals surface area contributed by atoms with Crippen LogP contribution in [0.4, 0.5) is 22.7 Å². The van der Waals surface area contributed by atoms with Crippen molar-refractivity contribution in [1.82, 2.24) is 0 Å². The first kappa shape index (κ1) is 26.7. The molecule has 4 aromatic rings. The molecule has 0 radical (unpaired) electrons. The molecule has 7 heteroatoms. The van der Waals surface area contributed by atoms with E-state index in [2.05, 4.69) is 110 Å². The zero-order valence-electron chi connectivity index (χ0n) is 21.3. The van der Waals surface area contributed by atoms with E-state index in [4.69, 9.17) is 24.4 Å². The van der Waals surface area contributed by atoms with E-state index < -0.39 is 0 Å². The molecule has 4 N–H and O–H groups in total. The number of benzene rings is 4. The van der Waals surface area contributed by atoms with Gasteiger partial charge in [0, 0.05) is 32.5 Å². The summed E-state index contributed by atoms with van der Waals surface area (Å²) in [6.07, 6.45) is 0. The summed E-state index contributed by atoms with van der Waals surface area (Å²) in [6, 6.07) is 29.0. The number of nitrogens with one attached hydrogen (secondary N) is 4. The summed E-state index contributed by atoms with van der Waals surface area (Å²) in [4.78, 5) is 2.29. The van der Waals surface area contributed by atoms with Gasteiger partial charge in [0.1, 0.15) is 0 Å². The second-order valence-electron chi connectivity index (χ2n) is 8.95. The van der Waals surface area contributed by atoms with E-state index in [1.807, 2.05) is 24.3 Å². The molecule has 0 atom stereocenters. The van der Waals surface area contributed by atoms with Crippen LogP contribution in [0, 0.1) is 27.7 Å². The largest absolute Gasteiger partial charge is 0.332 e. The van der Waals surface area contributed by atoms with Gasteiger partial charge in [-0.25, -0.2) is 0 Å². The predicted molar refractivity (Wildman–Crippen MR) is 169 cm³/mol. The fraction of sp³-hybridized carbons (Fsp3) is 0.133. The number of hydrogen-bond donors (Lipinski definition) is 4. The van der Waals surface area contributed by atoms with Crippen molar-refractivity contribution in [2.75, 3.05) is 21.3 Å². The molecular weight excluding hydrogens is 513 g/mol. The monoisotopic (exact) mass is 542 g/mol. The molecule has 4 nitrogen and oxygen atoms in total. The van der Waals surface area contributed by atoms with Crippen LogP contribution in [-0.4, -0.2) is 10.2 Å². The molecule has 0 amide bonds. The molecule has 0 spiro atoms. The van der Waals surface area contributed by atoms with Crippen molar-refractivity contribution in [3.05, 3.63) is 107 Å². The van der Waals surface area contributed by atoms with Crippen LogP contribution in [0.2, 0.25) is 0 Å². The molecular formula is C30H30N4S3. The summed E-state index contributed by atoms with van der Waals surface area (Å²) >= 11 is 12.7. The van der Waals surface area contributed by atoms with Gasteiger partial charge in [-0.3, -0.25) is 0 Å². The molecule has 0 unspecified atom stereocenters. The lowest BCUT2D eigenvalue weighted by Gasteiger charge is -2.14. The SMILES string of the molecule is Cc1ccc(C)c(NC(=S)Nc2ccc(Sc3ccc(NC(=S)Nc4cc(C)ccc4C)cc3)cc2)c1.